The van der Waals surface area contributed by atoms with Crippen molar-refractivity contribution in [3.63, 3.8) is 0 Å². The molecular weight excluding hydrogens is 1240 g/mol. The zero-order valence-corrected chi connectivity index (χ0v) is 47.7. The highest BCUT2D eigenvalue weighted by atomic mass is 127. The first kappa shape index (κ1) is 59.5. The number of nitrogens with two attached hydrogens (primary N) is 1. The van der Waals surface area contributed by atoms with Crippen molar-refractivity contribution in [1.82, 2.24) is 58.6 Å². The van der Waals surface area contributed by atoms with E-state index in [1.54, 1.807) is 43.6 Å². The number of imidazole rings is 2. The van der Waals surface area contributed by atoms with Gasteiger partial charge in [0.1, 0.15) is 35.8 Å². The number of hydrogen-bond acceptors (Lipinski definition) is 13. The minimum atomic E-state index is 0. The van der Waals surface area contributed by atoms with Crippen LogP contribution in [0.15, 0.2) is 220 Å². The molecule has 0 spiro atoms. The summed E-state index contributed by atoms with van der Waals surface area (Å²) < 4.78 is 6.25. The average molecular weight is 1300 g/mol. The molecule has 4 N–H and O–H groups in total. The lowest BCUT2D eigenvalue weighted by Gasteiger charge is -2.16. The minimum absolute atomic E-state index is 0. The van der Waals surface area contributed by atoms with Crippen LogP contribution < -0.4 is 16.4 Å². The van der Waals surface area contributed by atoms with Gasteiger partial charge < -0.3 is 20.8 Å². The fourth-order valence-corrected chi connectivity index (χ4v) is 9.29. The first-order valence-corrected chi connectivity index (χ1v) is 27.3. The van der Waals surface area contributed by atoms with Crippen LogP contribution in [0.4, 0.5) is 11.6 Å². The van der Waals surface area contributed by atoms with Gasteiger partial charge in [0.2, 0.25) is 0 Å². The highest BCUT2D eigenvalue weighted by Crippen LogP contribution is 2.30. The third-order valence-corrected chi connectivity index (χ3v) is 13.9. The maximum Gasteiger partial charge on any atom is 0.155 e. The molecule has 7 heterocycles. The molecule has 18 heteroatoms. The van der Waals surface area contributed by atoms with Crippen LogP contribution in [0.25, 0.3) is 55.3 Å². The van der Waals surface area contributed by atoms with Crippen molar-refractivity contribution in [3.8, 4) is 11.3 Å². The highest BCUT2D eigenvalue weighted by molar-refractivity contribution is 14.1. The Kier molecular flexibility index (Phi) is 21.7. The van der Waals surface area contributed by atoms with Gasteiger partial charge in [-0.15, -0.1) is 0 Å². The van der Waals surface area contributed by atoms with Gasteiger partial charge in [-0.1, -0.05) is 124 Å². The van der Waals surface area contributed by atoms with E-state index in [1.807, 2.05) is 125 Å². The molecule has 15 nitrogen and oxygen atoms in total. The zero-order chi connectivity index (χ0) is 54.2. The van der Waals surface area contributed by atoms with Crippen molar-refractivity contribution in [2.75, 3.05) is 10.6 Å². The van der Waals surface area contributed by atoms with Crippen molar-refractivity contribution in [1.29, 1.82) is 0 Å². The smallest absolute Gasteiger partial charge is 0.155 e. The van der Waals surface area contributed by atoms with E-state index in [1.165, 1.54) is 26.6 Å². The molecule has 3 atom stereocenters. The number of nitrogens with one attached hydrogen (secondary N) is 2. The summed E-state index contributed by atoms with van der Waals surface area (Å²) in [6, 6.07) is 49.5. The van der Waals surface area contributed by atoms with Crippen LogP contribution in [0.1, 0.15) is 70.4 Å². The highest BCUT2D eigenvalue weighted by Gasteiger charge is 2.13. The van der Waals surface area contributed by atoms with Crippen molar-refractivity contribution < 1.29 is 0 Å². The predicted octanol–water partition coefficient (Wildman–Crippen LogP) is 15.5. The second kappa shape index (κ2) is 29.2. The SMILES string of the molecule is C.C.CC(N)c1ccccc1.CC(Nc1ncnc2ccc(-c3cnc4cnccn34)cc12)c1ccccc1.CC(Nc1ncnc2ccc(I)cc12)c1ccccc1.Clc1ncnc2ccc(I)cc12.c1cn2ccnc2cn1. The van der Waals surface area contributed by atoms with Crippen LogP contribution in [0.5, 0.6) is 0 Å². The molecule has 3 unspecified atom stereocenters. The summed E-state index contributed by atoms with van der Waals surface area (Å²) in [5, 5.41) is 10.5. The molecule has 6 aromatic carbocycles. The van der Waals surface area contributed by atoms with Gasteiger partial charge in [0, 0.05) is 84.2 Å². The Morgan fingerprint density at radius 2 is 0.950 bits per heavy atom. The quantitative estimate of drug-likeness (QED) is 0.0964. The van der Waals surface area contributed by atoms with Crippen molar-refractivity contribution in [3.05, 3.63) is 249 Å². The number of hydrogen-bond donors (Lipinski definition) is 3. The van der Waals surface area contributed by atoms with Crippen molar-refractivity contribution >= 4 is 112 Å². The van der Waals surface area contributed by atoms with E-state index in [4.69, 9.17) is 17.3 Å². The van der Waals surface area contributed by atoms with Gasteiger partial charge in [0.15, 0.2) is 11.3 Å². The summed E-state index contributed by atoms with van der Waals surface area (Å²) in [6.07, 6.45) is 20.9. The van der Waals surface area contributed by atoms with Crippen LogP contribution in [-0.2, 0) is 0 Å². The Morgan fingerprint density at radius 3 is 1.50 bits per heavy atom. The second-order valence-electron chi connectivity index (χ2n) is 17.6. The standard InChI is InChI=1S/C22H18N6.C16H14IN3.C8H4ClIN2.C8H11N.C6H5N3.2CH4/c1-15(16-5-3-2-4-6-16)27-22-18-11-17(7-8-19(18)25-14-26-22)20-12-24-21-13-23-9-10-28(20)21;1-11(12-5-3-2-4-6-12)20-16-14-9-13(17)7-8-15(14)18-10-19-16;9-8-6-3-5(10)1-2-7(6)11-4-12-8;1-7(9)8-5-3-2-4-6-8;1-3-9-4-2-8-6(9)5-7-1;;/h2-15H,1H3,(H,25,26,27);2-11H,1H3,(H,18,19,20);1-4H;2-7H,9H2,1H3;1-5H;2*1H4. The summed E-state index contributed by atoms with van der Waals surface area (Å²) in [6.45, 7) is 6.25. The number of nitrogens with zero attached hydrogens (tertiary/aromatic N) is 12. The van der Waals surface area contributed by atoms with E-state index in [2.05, 4.69) is 180 Å². The third kappa shape index (κ3) is 15.6. The Morgan fingerprint density at radius 1 is 0.475 bits per heavy atom. The number of anilines is 2. The molecular formula is C62H60ClI2N15. The molecule has 404 valence electrons. The molecule has 7 aromatic heterocycles. The topological polar surface area (TPSA) is 188 Å². The van der Waals surface area contributed by atoms with Crippen molar-refractivity contribution in [2.24, 2.45) is 5.73 Å². The van der Waals surface area contributed by atoms with E-state index in [0.29, 0.717) is 5.15 Å². The van der Waals surface area contributed by atoms with Crippen LogP contribution in [0.3, 0.4) is 0 Å². The first-order valence-electron chi connectivity index (χ1n) is 24.7. The molecule has 13 rings (SSSR count). The van der Waals surface area contributed by atoms with Gasteiger partial charge in [0.25, 0.3) is 0 Å². The minimum Gasteiger partial charge on any atom is -0.363 e. The molecule has 0 aliphatic carbocycles. The number of rotatable bonds is 8. The van der Waals surface area contributed by atoms with E-state index in [9.17, 15) is 0 Å². The number of halogens is 3. The maximum atomic E-state index is 5.87. The summed E-state index contributed by atoms with van der Waals surface area (Å²) in [5.41, 5.74) is 15.8. The third-order valence-electron chi connectivity index (χ3n) is 12.2. The van der Waals surface area contributed by atoms with E-state index in [0.717, 1.165) is 70.5 Å². The van der Waals surface area contributed by atoms with E-state index >= 15 is 0 Å². The first-order chi connectivity index (χ1) is 38.1. The van der Waals surface area contributed by atoms with Crippen LogP contribution in [0.2, 0.25) is 5.15 Å². The Bertz CT molecular complexity index is 3990. The maximum absolute atomic E-state index is 5.87. The lowest BCUT2D eigenvalue weighted by molar-refractivity contribution is 0.818. The summed E-state index contributed by atoms with van der Waals surface area (Å²) >= 11 is 10.4. The van der Waals surface area contributed by atoms with Gasteiger partial charge in [-0.2, -0.15) is 0 Å². The summed E-state index contributed by atoms with van der Waals surface area (Å²) in [7, 11) is 0. The molecule has 80 heavy (non-hydrogen) atoms. The Labute approximate surface area is 498 Å². The fraction of sp³-hybridized carbons (Fsp3) is 0.129. The van der Waals surface area contributed by atoms with Crippen LogP contribution >= 0.6 is 56.8 Å². The molecule has 13 aromatic rings. The molecule has 0 aliphatic heterocycles. The van der Waals surface area contributed by atoms with E-state index in [-0.39, 0.29) is 33.0 Å². The monoisotopic (exact) mass is 1300 g/mol. The second-order valence-corrected chi connectivity index (χ2v) is 20.5. The number of fused-ring (bicyclic) bond motifs is 5. The summed E-state index contributed by atoms with van der Waals surface area (Å²) in [5.74, 6) is 1.70. The zero-order valence-electron chi connectivity index (χ0n) is 42.6. The average Bonchev–Trinajstić information content (AvgIpc) is 4.19. The molecule has 0 saturated heterocycles. The van der Waals surface area contributed by atoms with Gasteiger partial charge >= 0.3 is 0 Å². The summed E-state index contributed by atoms with van der Waals surface area (Å²) in [4.78, 5) is 42.1. The van der Waals surface area contributed by atoms with Gasteiger partial charge in [0.05, 0.1) is 40.8 Å². The van der Waals surface area contributed by atoms with Crippen LogP contribution in [0, 0.1) is 7.14 Å². The molecule has 0 radical (unpaired) electrons. The number of benzene rings is 6. The Hall–Kier alpha value is -8.11. The molecule has 0 aliphatic rings. The Balaban J connectivity index is 0.000000155. The number of aromatic nitrogens is 12. The lowest BCUT2D eigenvalue weighted by Crippen LogP contribution is -2.08. The van der Waals surface area contributed by atoms with E-state index < -0.39 is 0 Å². The molecule has 0 fully saturated rings. The lowest BCUT2D eigenvalue weighted by atomic mass is 10.1. The molecule has 0 saturated carbocycles. The normalized spacial score (nSPS) is 11.6. The van der Waals surface area contributed by atoms with Crippen molar-refractivity contribution in [2.45, 2.75) is 53.8 Å². The largest absolute Gasteiger partial charge is 0.363 e. The van der Waals surface area contributed by atoms with Crippen LogP contribution in [-0.4, -0.2) is 58.6 Å². The van der Waals surface area contributed by atoms with Gasteiger partial charge in [-0.25, -0.2) is 39.9 Å². The van der Waals surface area contributed by atoms with Gasteiger partial charge in [-0.3, -0.25) is 14.4 Å². The molecule has 0 bridgehead atoms. The molecule has 0 amide bonds. The fourth-order valence-electron chi connectivity index (χ4n) is 8.12. The van der Waals surface area contributed by atoms with Gasteiger partial charge in [-0.05, 0) is 131 Å². The predicted molar refractivity (Wildman–Crippen MR) is 343 cm³/mol.